The molecule has 1 aliphatic carbocycles. The second-order valence-electron chi connectivity index (χ2n) is 6.59. The summed E-state index contributed by atoms with van der Waals surface area (Å²) in [5, 5.41) is 10.9. The van der Waals surface area contributed by atoms with E-state index >= 15 is 0 Å². The lowest BCUT2D eigenvalue weighted by Gasteiger charge is -2.28. The number of non-ortho nitro benzene ring substituents is 1. The van der Waals surface area contributed by atoms with Gasteiger partial charge in [-0.05, 0) is 41.5 Å². The normalized spacial score (nSPS) is 21.1. The highest BCUT2D eigenvalue weighted by atomic mass is 32.2. The van der Waals surface area contributed by atoms with Gasteiger partial charge >= 0.3 is 0 Å². The van der Waals surface area contributed by atoms with Gasteiger partial charge in [-0.2, -0.15) is 0 Å². The predicted octanol–water partition coefficient (Wildman–Crippen LogP) is 2.33. The Bertz CT molecular complexity index is 1180. The van der Waals surface area contributed by atoms with Crippen LogP contribution in [0.15, 0.2) is 77.8 Å². The van der Waals surface area contributed by atoms with Gasteiger partial charge in [-0.15, -0.1) is 0 Å². The van der Waals surface area contributed by atoms with Gasteiger partial charge in [-0.3, -0.25) is 24.0 Å². The maximum Gasteiger partial charge on any atom is 0.269 e. The van der Waals surface area contributed by atoms with Gasteiger partial charge in [0.15, 0.2) is 0 Å². The first-order chi connectivity index (χ1) is 13.8. The Labute approximate surface area is 166 Å². The molecule has 2 unspecified atom stereocenters. The average molecular weight is 410 g/mol. The summed E-state index contributed by atoms with van der Waals surface area (Å²) < 4.78 is 27.4. The molecule has 4 rings (SSSR count). The first kappa shape index (κ1) is 18.8. The van der Waals surface area contributed by atoms with Gasteiger partial charge in [0.25, 0.3) is 15.7 Å². The molecule has 0 spiro atoms. The van der Waals surface area contributed by atoms with E-state index < -0.39 is 38.5 Å². The van der Waals surface area contributed by atoms with Crippen LogP contribution < -0.4 is 0 Å². The van der Waals surface area contributed by atoms with Crippen molar-refractivity contribution in [3.8, 4) is 0 Å². The summed E-state index contributed by atoms with van der Waals surface area (Å²) in [5.74, 6) is -2.43. The van der Waals surface area contributed by atoms with E-state index in [0.717, 1.165) is 10.4 Å². The third-order valence-corrected chi connectivity index (χ3v) is 6.71. The van der Waals surface area contributed by atoms with E-state index in [4.69, 9.17) is 0 Å². The summed E-state index contributed by atoms with van der Waals surface area (Å²) in [6, 6.07) is 12.3. The number of hydrogen-bond donors (Lipinski definition) is 0. The van der Waals surface area contributed by atoms with Crippen molar-refractivity contribution in [2.24, 2.45) is 5.92 Å². The minimum absolute atomic E-state index is 0.0534. The van der Waals surface area contributed by atoms with E-state index in [-0.39, 0.29) is 10.6 Å². The maximum atomic E-state index is 13.2. The van der Waals surface area contributed by atoms with Crippen LogP contribution in [0.5, 0.6) is 0 Å². The van der Waals surface area contributed by atoms with Crippen molar-refractivity contribution in [3.63, 3.8) is 0 Å². The molecule has 29 heavy (non-hydrogen) atoms. The van der Waals surface area contributed by atoms with E-state index in [1.807, 2.05) is 0 Å². The highest BCUT2D eigenvalue weighted by Gasteiger charge is 2.47. The molecule has 0 saturated heterocycles. The number of benzene rings is 2. The Kier molecular flexibility index (Phi) is 4.39. The molecule has 1 heterocycles. The number of ketones is 2. The molecule has 0 aromatic heterocycles. The largest absolute Gasteiger partial charge is 0.290 e. The quantitative estimate of drug-likeness (QED) is 0.434. The summed E-state index contributed by atoms with van der Waals surface area (Å²) in [5.41, 5.74) is 0.628. The van der Waals surface area contributed by atoms with Crippen LogP contribution in [0.3, 0.4) is 0 Å². The van der Waals surface area contributed by atoms with Gasteiger partial charge < -0.3 is 0 Å². The van der Waals surface area contributed by atoms with Gasteiger partial charge in [0.1, 0.15) is 0 Å². The van der Waals surface area contributed by atoms with Gasteiger partial charge in [0.05, 0.1) is 21.8 Å². The number of fused-ring (bicyclic) bond motifs is 1. The molecule has 9 heteroatoms. The molecular formula is C20H14N2O6S. The number of hydrogen-bond acceptors (Lipinski definition) is 6. The number of allylic oxidation sites excluding steroid dienone is 1. The number of nitro groups is 1. The molecule has 2 aromatic rings. The second-order valence-corrected chi connectivity index (χ2v) is 8.44. The van der Waals surface area contributed by atoms with Gasteiger partial charge in [-0.25, -0.2) is 8.42 Å². The van der Waals surface area contributed by atoms with Crippen molar-refractivity contribution < 1.29 is 22.9 Å². The van der Waals surface area contributed by atoms with Crippen molar-refractivity contribution in [3.05, 3.63) is 88.6 Å². The van der Waals surface area contributed by atoms with Crippen LogP contribution >= 0.6 is 0 Å². The first-order valence-corrected chi connectivity index (χ1v) is 10.1. The molecular weight excluding hydrogens is 396 g/mol. The zero-order valence-corrected chi connectivity index (χ0v) is 15.7. The molecule has 2 atom stereocenters. The fraction of sp³-hybridized carbons (Fsp3) is 0.100. The van der Waals surface area contributed by atoms with Crippen LogP contribution in [-0.4, -0.2) is 35.3 Å². The van der Waals surface area contributed by atoms with E-state index in [1.54, 1.807) is 18.2 Å². The summed E-state index contributed by atoms with van der Waals surface area (Å²) in [4.78, 5) is 35.0. The smallest absolute Gasteiger partial charge is 0.269 e. The molecule has 0 bridgehead atoms. The van der Waals surface area contributed by atoms with Crippen LogP contribution in [-0.2, 0) is 19.6 Å². The Hall–Kier alpha value is -3.59. The molecule has 146 valence electrons. The molecule has 0 fully saturated rings. The number of carbonyl (C=O) groups excluding carboxylic acids is 2. The van der Waals surface area contributed by atoms with Crippen molar-refractivity contribution in [2.75, 3.05) is 0 Å². The standard InChI is InChI=1S/C20H14N2O6S/c23-18-11-10-17-19(20(18)24)16(13-6-8-14(9-7-13)22(25)26)12-21(17)29(27,28)15-4-2-1-3-5-15/h1-12,17,19H. The predicted molar refractivity (Wildman–Crippen MR) is 103 cm³/mol. The fourth-order valence-electron chi connectivity index (χ4n) is 3.52. The monoisotopic (exact) mass is 410 g/mol. The van der Waals surface area contributed by atoms with E-state index in [0.29, 0.717) is 11.1 Å². The van der Waals surface area contributed by atoms with E-state index in [9.17, 15) is 28.1 Å². The van der Waals surface area contributed by atoms with Gasteiger partial charge in [-0.1, -0.05) is 24.3 Å². The number of Topliss-reactive ketones (excluding diaryl/α,β-unsaturated/α-hetero) is 1. The highest BCUT2D eigenvalue weighted by molar-refractivity contribution is 7.89. The van der Waals surface area contributed by atoms with Gasteiger partial charge in [0, 0.05) is 18.3 Å². The SMILES string of the molecule is O=C1C=CC2C(C1=O)C(c1ccc([N+](=O)[O-])cc1)=CN2S(=O)(=O)c1ccccc1. The number of sulfonamides is 1. The first-order valence-electron chi connectivity index (χ1n) is 8.62. The fourth-order valence-corrected chi connectivity index (χ4v) is 5.03. The second kappa shape index (κ2) is 6.78. The Morgan fingerprint density at radius 3 is 2.24 bits per heavy atom. The summed E-state index contributed by atoms with van der Waals surface area (Å²) in [6.45, 7) is 0. The topological polar surface area (TPSA) is 115 Å². The number of nitro benzene ring substituents is 1. The number of carbonyl (C=O) groups is 2. The number of rotatable bonds is 4. The molecule has 0 saturated carbocycles. The van der Waals surface area contributed by atoms with Crippen LogP contribution in [0.25, 0.3) is 5.57 Å². The Morgan fingerprint density at radius 1 is 0.966 bits per heavy atom. The van der Waals surface area contributed by atoms with Crippen LogP contribution in [0.1, 0.15) is 5.56 Å². The molecule has 1 aliphatic heterocycles. The van der Waals surface area contributed by atoms with Crippen molar-refractivity contribution in [1.29, 1.82) is 0 Å². The minimum atomic E-state index is -3.98. The molecule has 2 aliphatic rings. The zero-order valence-electron chi connectivity index (χ0n) is 14.8. The van der Waals surface area contributed by atoms with Crippen molar-refractivity contribution in [2.45, 2.75) is 10.9 Å². The van der Waals surface area contributed by atoms with Crippen LogP contribution in [0.4, 0.5) is 5.69 Å². The molecule has 2 aromatic carbocycles. The Morgan fingerprint density at radius 2 is 1.62 bits per heavy atom. The lowest BCUT2D eigenvalue weighted by atomic mass is 9.82. The summed E-state index contributed by atoms with van der Waals surface area (Å²) >= 11 is 0. The molecule has 0 N–H and O–H groups in total. The third-order valence-electron chi connectivity index (χ3n) is 4.94. The molecule has 0 radical (unpaired) electrons. The average Bonchev–Trinajstić information content (AvgIpc) is 3.12. The minimum Gasteiger partial charge on any atom is -0.290 e. The third kappa shape index (κ3) is 3.05. The summed E-state index contributed by atoms with van der Waals surface area (Å²) in [7, 11) is -3.98. The molecule has 8 nitrogen and oxygen atoms in total. The van der Waals surface area contributed by atoms with E-state index in [1.165, 1.54) is 48.7 Å². The molecule has 0 amide bonds. The highest BCUT2D eigenvalue weighted by Crippen LogP contribution is 2.41. The van der Waals surface area contributed by atoms with E-state index in [2.05, 4.69) is 0 Å². The maximum absolute atomic E-state index is 13.2. The number of nitrogens with zero attached hydrogens (tertiary/aromatic N) is 2. The lowest BCUT2D eigenvalue weighted by molar-refractivity contribution is -0.384. The van der Waals surface area contributed by atoms with Crippen molar-refractivity contribution >= 4 is 32.9 Å². The van der Waals surface area contributed by atoms with Crippen LogP contribution in [0.2, 0.25) is 0 Å². The van der Waals surface area contributed by atoms with Gasteiger partial charge in [0.2, 0.25) is 11.6 Å². The van der Waals surface area contributed by atoms with Crippen molar-refractivity contribution in [1.82, 2.24) is 4.31 Å². The Balaban J connectivity index is 1.84. The lowest BCUT2D eigenvalue weighted by Crippen LogP contribution is -2.42. The summed E-state index contributed by atoms with van der Waals surface area (Å²) in [6.07, 6.45) is 3.83. The van der Waals surface area contributed by atoms with Crippen LogP contribution in [0, 0.1) is 16.0 Å². The zero-order chi connectivity index (χ0) is 20.8.